The number of anilines is 1. The molecule has 1 aromatic carbocycles. The number of rotatable bonds is 8. The van der Waals surface area contributed by atoms with Gasteiger partial charge in [0, 0.05) is 18.3 Å². The third-order valence-electron chi connectivity index (χ3n) is 2.76. The summed E-state index contributed by atoms with van der Waals surface area (Å²) in [5.74, 6) is 0.506. The number of nitrogens with one attached hydrogen (secondary N) is 3. The van der Waals surface area contributed by atoms with Crippen molar-refractivity contribution in [1.29, 1.82) is 0 Å². The summed E-state index contributed by atoms with van der Waals surface area (Å²) in [5.41, 5.74) is 0.927. The van der Waals surface area contributed by atoms with Crippen molar-refractivity contribution in [3.63, 3.8) is 0 Å². The van der Waals surface area contributed by atoms with E-state index in [1.165, 1.54) is 0 Å². The zero-order chi connectivity index (χ0) is 15.2. The Morgan fingerprint density at radius 1 is 1.05 bits per heavy atom. The Balaban J connectivity index is 2.65. The van der Waals surface area contributed by atoms with Gasteiger partial charge in [0.15, 0.2) is 0 Å². The lowest BCUT2D eigenvalue weighted by Gasteiger charge is -2.14. The van der Waals surface area contributed by atoms with Gasteiger partial charge in [0.2, 0.25) is 10.0 Å². The van der Waals surface area contributed by atoms with Crippen LogP contribution in [-0.2, 0) is 10.0 Å². The highest BCUT2D eigenvalue weighted by atomic mass is 32.2. The van der Waals surface area contributed by atoms with Crippen molar-refractivity contribution < 1.29 is 8.42 Å². The molecule has 6 heteroatoms. The highest BCUT2D eigenvalue weighted by Crippen LogP contribution is 2.14. The van der Waals surface area contributed by atoms with E-state index in [0.29, 0.717) is 10.8 Å². The molecule has 114 valence electrons. The van der Waals surface area contributed by atoms with Gasteiger partial charge >= 0.3 is 0 Å². The maximum absolute atomic E-state index is 12.0. The molecule has 1 aromatic rings. The van der Waals surface area contributed by atoms with Crippen molar-refractivity contribution >= 4 is 15.7 Å². The van der Waals surface area contributed by atoms with Gasteiger partial charge in [0.1, 0.15) is 0 Å². The molecule has 1 rings (SSSR count). The molecule has 0 aromatic heterocycles. The molecule has 0 saturated carbocycles. The molecule has 0 spiro atoms. The Hall–Kier alpha value is -1.11. The largest absolute Gasteiger partial charge is 0.385 e. The van der Waals surface area contributed by atoms with Crippen LogP contribution in [0.4, 0.5) is 5.69 Å². The number of benzene rings is 1. The molecule has 1 atom stereocenters. The normalized spacial score (nSPS) is 13.4. The number of hydrogen-bond acceptors (Lipinski definition) is 4. The summed E-state index contributed by atoms with van der Waals surface area (Å²) in [5, 5.41) is 6.42. The predicted molar refractivity (Wildman–Crippen MR) is 83.5 cm³/mol. The fourth-order valence-electron chi connectivity index (χ4n) is 1.84. The molecule has 5 nitrogen and oxygen atoms in total. The Morgan fingerprint density at radius 3 is 2.15 bits per heavy atom. The molecular weight excluding hydrogens is 274 g/mol. The highest BCUT2D eigenvalue weighted by molar-refractivity contribution is 7.89. The smallest absolute Gasteiger partial charge is 0.240 e. The Morgan fingerprint density at radius 2 is 1.65 bits per heavy atom. The predicted octanol–water partition coefficient (Wildman–Crippen LogP) is 1.64. The van der Waals surface area contributed by atoms with Crippen molar-refractivity contribution in [1.82, 2.24) is 10.0 Å². The van der Waals surface area contributed by atoms with Crippen LogP contribution in [-0.4, -0.2) is 34.6 Å². The van der Waals surface area contributed by atoms with Gasteiger partial charge in [-0.15, -0.1) is 0 Å². The summed E-state index contributed by atoms with van der Waals surface area (Å²) in [6, 6.07) is 6.72. The van der Waals surface area contributed by atoms with E-state index in [1.807, 2.05) is 7.05 Å². The fraction of sp³-hybridized carbons (Fsp3) is 0.571. The van der Waals surface area contributed by atoms with E-state index in [2.05, 4.69) is 22.3 Å². The minimum atomic E-state index is -3.40. The van der Waals surface area contributed by atoms with Crippen LogP contribution in [0.15, 0.2) is 29.2 Å². The molecule has 0 heterocycles. The second-order valence-corrected chi connectivity index (χ2v) is 7.06. The second-order valence-electron chi connectivity index (χ2n) is 5.34. The van der Waals surface area contributed by atoms with E-state index in [-0.39, 0.29) is 6.04 Å². The van der Waals surface area contributed by atoms with Crippen LogP contribution in [0.2, 0.25) is 0 Å². The average Bonchev–Trinajstić information content (AvgIpc) is 2.36. The Labute approximate surface area is 122 Å². The van der Waals surface area contributed by atoms with Gasteiger partial charge in [0.05, 0.1) is 4.90 Å². The summed E-state index contributed by atoms with van der Waals surface area (Å²) < 4.78 is 26.5. The standard InChI is InChI=1S/C14H25N3O2S/c1-11(2)17-20(18,19)14-7-5-13(6-8-14)16-10-12(3)9-15-4/h5-8,11-12,15-17H,9-10H2,1-4H3. The summed E-state index contributed by atoms with van der Waals surface area (Å²) >= 11 is 0. The van der Waals surface area contributed by atoms with Gasteiger partial charge in [-0.1, -0.05) is 6.92 Å². The van der Waals surface area contributed by atoms with Crippen LogP contribution >= 0.6 is 0 Å². The zero-order valence-electron chi connectivity index (χ0n) is 12.6. The molecule has 1 unspecified atom stereocenters. The SMILES string of the molecule is CNCC(C)CNc1ccc(S(=O)(=O)NC(C)C)cc1. The third kappa shape index (κ3) is 5.48. The minimum absolute atomic E-state index is 0.111. The van der Waals surface area contributed by atoms with Gasteiger partial charge < -0.3 is 10.6 Å². The lowest BCUT2D eigenvalue weighted by molar-refractivity contribution is 0.568. The van der Waals surface area contributed by atoms with E-state index in [9.17, 15) is 8.42 Å². The first-order chi connectivity index (χ1) is 9.35. The van der Waals surface area contributed by atoms with E-state index in [1.54, 1.807) is 38.1 Å². The van der Waals surface area contributed by atoms with Gasteiger partial charge in [-0.25, -0.2) is 13.1 Å². The molecule has 0 fully saturated rings. The van der Waals surface area contributed by atoms with Crippen LogP contribution in [0.3, 0.4) is 0 Å². The number of sulfonamides is 1. The average molecular weight is 299 g/mol. The summed E-state index contributed by atoms with van der Waals surface area (Å²) in [4.78, 5) is 0.292. The molecule has 0 amide bonds. The maximum atomic E-state index is 12.0. The Kier molecular flexibility index (Phi) is 6.45. The third-order valence-corrected chi connectivity index (χ3v) is 4.44. The van der Waals surface area contributed by atoms with Crippen LogP contribution in [0, 0.1) is 5.92 Å². The summed E-state index contributed by atoms with van der Waals surface area (Å²) in [7, 11) is -1.48. The number of hydrogen-bond donors (Lipinski definition) is 3. The maximum Gasteiger partial charge on any atom is 0.240 e. The van der Waals surface area contributed by atoms with E-state index in [0.717, 1.165) is 18.8 Å². The molecule has 0 radical (unpaired) electrons. The first-order valence-electron chi connectivity index (χ1n) is 6.86. The second kappa shape index (κ2) is 7.61. The monoisotopic (exact) mass is 299 g/mol. The van der Waals surface area contributed by atoms with Crippen molar-refractivity contribution in [2.75, 3.05) is 25.5 Å². The minimum Gasteiger partial charge on any atom is -0.385 e. The van der Waals surface area contributed by atoms with Crippen molar-refractivity contribution in [2.45, 2.75) is 31.7 Å². The molecule has 0 aliphatic rings. The summed E-state index contributed by atoms with van der Waals surface area (Å²) in [6.45, 7) is 7.54. The van der Waals surface area contributed by atoms with Crippen molar-refractivity contribution in [3.05, 3.63) is 24.3 Å². The first kappa shape index (κ1) is 16.9. The van der Waals surface area contributed by atoms with Crippen LogP contribution in [0.25, 0.3) is 0 Å². The lowest BCUT2D eigenvalue weighted by atomic mass is 10.2. The first-order valence-corrected chi connectivity index (χ1v) is 8.34. The summed E-state index contributed by atoms with van der Waals surface area (Å²) in [6.07, 6.45) is 0. The van der Waals surface area contributed by atoms with Gasteiger partial charge in [-0.2, -0.15) is 0 Å². The molecule has 0 aliphatic heterocycles. The van der Waals surface area contributed by atoms with Crippen LogP contribution in [0.1, 0.15) is 20.8 Å². The highest BCUT2D eigenvalue weighted by Gasteiger charge is 2.14. The fourth-order valence-corrected chi connectivity index (χ4v) is 3.09. The topological polar surface area (TPSA) is 70.2 Å². The molecule has 0 bridgehead atoms. The molecule has 20 heavy (non-hydrogen) atoms. The van der Waals surface area contributed by atoms with E-state index < -0.39 is 10.0 Å². The van der Waals surface area contributed by atoms with E-state index in [4.69, 9.17) is 0 Å². The van der Waals surface area contributed by atoms with Gasteiger partial charge in [0.25, 0.3) is 0 Å². The molecule has 0 aliphatic carbocycles. The van der Waals surface area contributed by atoms with Gasteiger partial charge in [-0.05, 0) is 57.6 Å². The molecule has 3 N–H and O–H groups in total. The van der Waals surface area contributed by atoms with Gasteiger partial charge in [-0.3, -0.25) is 0 Å². The van der Waals surface area contributed by atoms with Crippen molar-refractivity contribution in [2.24, 2.45) is 5.92 Å². The van der Waals surface area contributed by atoms with E-state index >= 15 is 0 Å². The molecule has 0 saturated heterocycles. The van der Waals surface area contributed by atoms with Crippen LogP contribution < -0.4 is 15.4 Å². The van der Waals surface area contributed by atoms with Crippen LogP contribution in [0.5, 0.6) is 0 Å². The Bertz CT molecular complexity index is 498. The molecular formula is C14H25N3O2S. The van der Waals surface area contributed by atoms with Crippen molar-refractivity contribution in [3.8, 4) is 0 Å². The zero-order valence-corrected chi connectivity index (χ0v) is 13.4. The lowest BCUT2D eigenvalue weighted by Crippen LogP contribution is -2.30. The quantitative estimate of drug-likeness (QED) is 0.682.